The van der Waals surface area contributed by atoms with Crippen molar-refractivity contribution in [2.45, 2.75) is 39.7 Å². The van der Waals surface area contributed by atoms with Gasteiger partial charge in [-0.05, 0) is 56.9 Å². The highest BCUT2D eigenvalue weighted by Crippen LogP contribution is 2.22. The zero-order valence-electron chi connectivity index (χ0n) is 18.6. The van der Waals surface area contributed by atoms with Crippen molar-refractivity contribution >= 4 is 29.1 Å². The normalized spacial score (nSPS) is 13.9. The van der Waals surface area contributed by atoms with Crippen LogP contribution in [0.1, 0.15) is 39.9 Å². The van der Waals surface area contributed by atoms with E-state index in [-0.39, 0.29) is 36.9 Å². The second-order valence-electron chi connectivity index (χ2n) is 8.47. The fourth-order valence-corrected chi connectivity index (χ4v) is 3.65. The van der Waals surface area contributed by atoms with E-state index in [2.05, 4.69) is 16.0 Å². The summed E-state index contributed by atoms with van der Waals surface area (Å²) in [6.45, 7) is 6.23. The molecule has 4 N–H and O–H groups in total. The van der Waals surface area contributed by atoms with Crippen LogP contribution in [-0.4, -0.2) is 43.9 Å². The van der Waals surface area contributed by atoms with Crippen LogP contribution in [-0.2, 0) is 9.59 Å². The molecule has 0 radical (unpaired) electrons. The summed E-state index contributed by atoms with van der Waals surface area (Å²) in [5.74, 6) is -0.577. The number of aryl methyl sites for hydroxylation is 3. The summed E-state index contributed by atoms with van der Waals surface area (Å²) in [5.41, 5.74) is 4.93. The van der Waals surface area contributed by atoms with Crippen LogP contribution in [0.3, 0.4) is 0 Å². The molecule has 3 amide bonds. The lowest BCUT2D eigenvalue weighted by atomic mass is 10.1. The van der Waals surface area contributed by atoms with Crippen molar-refractivity contribution in [3.05, 3.63) is 58.7 Å². The van der Waals surface area contributed by atoms with Gasteiger partial charge < -0.3 is 20.9 Å². The quantitative estimate of drug-likeness (QED) is 0.520. The van der Waals surface area contributed by atoms with Gasteiger partial charge in [-0.3, -0.25) is 14.4 Å². The van der Waals surface area contributed by atoms with Crippen LogP contribution in [0.15, 0.2) is 36.4 Å². The minimum Gasteiger partial charge on any atom is -0.349 e. The fraction of sp³-hybridized carbons (Fsp3) is 0.375. The number of likely N-dealkylation sites (N-methyl/N-ethyl adjacent to an activating group) is 1. The van der Waals surface area contributed by atoms with Crippen molar-refractivity contribution in [1.82, 2.24) is 5.32 Å². The molecule has 1 saturated carbocycles. The largest absolute Gasteiger partial charge is 0.349 e. The summed E-state index contributed by atoms with van der Waals surface area (Å²) >= 11 is 0. The molecule has 2 aromatic rings. The Balaban J connectivity index is 1.54. The van der Waals surface area contributed by atoms with E-state index >= 15 is 0 Å². The molecule has 0 aromatic heterocycles. The summed E-state index contributed by atoms with van der Waals surface area (Å²) in [6.07, 6.45) is 2.00. The van der Waals surface area contributed by atoms with E-state index in [1.165, 1.54) is 0 Å². The Morgan fingerprint density at radius 3 is 2.13 bits per heavy atom. The Morgan fingerprint density at radius 2 is 1.52 bits per heavy atom. The summed E-state index contributed by atoms with van der Waals surface area (Å²) in [5, 5.41) is 8.71. The monoisotopic (exact) mass is 423 g/mol. The number of hydrogen-bond acceptors (Lipinski definition) is 3. The second-order valence-corrected chi connectivity index (χ2v) is 8.47. The fourth-order valence-electron chi connectivity index (χ4n) is 3.65. The van der Waals surface area contributed by atoms with Gasteiger partial charge in [-0.1, -0.05) is 29.8 Å². The number of hydrogen-bond donors (Lipinski definition) is 4. The first-order chi connectivity index (χ1) is 14.7. The molecule has 7 nitrogen and oxygen atoms in total. The lowest BCUT2D eigenvalue weighted by molar-refractivity contribution is -0.862. The maximum absolute atomic E-state index is 12.5. The highest BCUT2D eigenvalue weighted by molar-refractivity contribution is 6.04. The van der Waals surface area contributed by atoms with Gasteiger partial charge in [0, 0.05) is 11.7 Å². The number of benzene rings is 2. The molecule has 0 aliphatic heterocycles. The van der Waals surface area contributed by atoms with E-state index in [9.17, 15) is 14.4 Å². The Bertz CT molecular complexity index is 975. The summed E-state index contributed by atoms with van der Waals surface area (Å²) in [4.78, 5) is 38.2. The molecular weight excluding hydrogens is 392 g/mol. The van der Waals surface area contributed by atoms with Crippen molar-refractivity contribution in [2.75, 3.05) is 30.8 Å². The van der Waals surface area contributed by atoms with Crippen LogP contribution in [0.25, 0.3) is 0 Å². The van der Waals surface area contributed by atoms with Crippen LogP contribution in [0, 0.1) is 20.8 Å². The molecule has 0 saturated heterocycles. The number of carbonyl (C=O) groups is 3. The molecule has 1 aliphatic rings. The lowest BCUT2D eigenvalue weighted by Gasteiger charge is -2.17. The van der Waals surface area contributed by atoms with Gasteiger partial charge in [0.05, 0.1) is 18.3 Å². The Morgan fingerprint density at radius 1 is 0.935 bits per heavy atom. The number of nitrogens with one attached hydrogen (secondary N) is 4. The Hall–Kier alpha value is -3.19. The molecule has 31 heavy (non-hydrogen) atoms. The van der Waals surface area contributed by atoms with Gasteiger partial charge in [-0.25, -0.2) is 0 Å². The number of carbonyl (C=O) groups excluding carboxylic acids is 3. The standard InChI is InChI=1S/C24H30N4O3/c1-15-11-16(2)23(17(3)12-15)27-22(30)14-28(4)13-21(29)26-20-8-6-5-7-19(20)24(31)25-18-9-10-18/h5-8,11-12,18H,9-10,13-14H2,1-4H3,(H,25,31)(H,26,29)(H,27,30)/p+1. The highest BCUT2D eigenvalue weighted by atomic mass is 16.2. The average molecular weight is 424 g/mol. The first kappa shape index (κ1) is 22.5. The smallest absolute Gasteiger partial charge is 0.279 e. The van der Waals surface area contributed by atoms with E-state index in [1.54, 1.807) is 31.3 Å². The molecule has 0 bridgehead atoms. The third kappa shape index (κ3) is 6.39. The molecule has 1 atom stereocenters. The van der Waals surface area contributed by atoms with Crippen LogP contribution >= 0.6 is 0 Å². The first-order valence-electron chi connectivity index (χ1n) is 10.6. The predicted octanol–water partition coefficient (Wildman–Crippen LogP) is 1.60. The van der Waals surface area contributed by atoms with E-state index < -0.39 is 0 Å². The van der Waals surface area contributed by atoms with Gasteiger partial charge in [0.1, 0.15) is 0 Å². The summed E-state index contributed by atoms with van der Waals surface area (Å²) in [6, 6.07) is 11.3. The SMILES string of the molecule is Cc1cc(C)c(NC(=O)C[NH+](C)CC(=O)Nc2ccccc2C(=O)NC2CC2)c(C)c1. The molecule has 3 rings (SSSR count). The van der Waals surface area contributed by atoms with Gasteiger partial charge in [0.2, 0.25) is 0 Å². The summed E-state index contributed by atoms with van der Waals surface area (Å²) in [7, 11) is 1.79. The van der Waals surface area contributed by atoms with Crippen LogP contribution < -0.4 is 20.9 Å². The van der Waals surface area contributed by atoms with Gasteiger partial charge >= 0.3 is 0 Å². The second kappa shape index (κ2) is 9.75. The number of anilines is 2. The van der Waals surface area contributed by atoms with Gasteiger partial charge in [-0.2, -0.15) is 0 Å². The number of amides is 3. The minimum absolute atomic E-state index is 0.109. The first-order valence-corrected chi connectivity index (χ1v) is 10.6. The molecule has 2 aromatic carbocycles. The summed E-state index contributed by atoms with van der Waals surface area (Å²) < 4.78 is 0. The van der Waals surface area contributed by atoms with Crippen LogP contribution in [0.4, 0.5) is 11.4 Å². The van der Waals surface area contributed by atoms with Crippen molar-refractivity contribution in [2.24, 2.45) is 0 Å². The topological polar surface area (TPSA) is 91.7 Å². The zero-order valence-corrected chi connectivity index (χ0v) is 18.6. The van der Waals surface area contributed by atoms with Gasteiger partial charge in [-0.15, -0.1) is 0 Å². The molecule has 1 aliphatic carbocycles. The van der Waals surface area contributed by atoms with Crippen LogP contribution in [0.5, 0.6) is 0 Å². The van der Waals surface area contributed by atoms with E-state index in [1.807, 2.05) is 32.9 Å². The third-order valence-electron chi connectivity index (χ3n) is 5.22. The van der Waals surface area contributed by atoms with Crippen molar-refractivity contribution in [3.63, 3.8) is 0 Å². The van der Waals surface area contributed by atoms with Crippen LogP contribution in [0.2, 0.25) is 0 Å². The predicted molar refractivity (Wildman–Crippen MR) is 121 cm³/mol. The Kier molecular flexibility index (Phi) is 7.07. The molecular formula is C24H31N4O3+. The van der Waals surface area contributed by atoms with Gasteiger partial charge in [0.15, 0.2) is 13.1 Å². The molecule has 164 valence electrons. The number of quaternary nitrogens is 1. The third-order valence-corrected chi connectivity index (χ3v) is 5.22. The lowest BCUT2D eigenvalue weighted by Crippen LogP contribution is -3.11. The molecule has 7 heteroatoms. The Labute approximate surface area is 183 Å². The molecule has 1 fully saturated rings. The minimum atomic E-state index is -0.250. The number of rotatable bonds is 8. The average Bonchev–Trinajstić information content (AvgIpc) is 3.48. The maximum atomic E-state index is 12.5. The van der Waals surface area contributed by atoms with Crippen molar-refractivity contribution in [1.29, 1.82) is 0 Å². The number of para-hydroxylation sites is 1. The maximum Gasteiger partial charge on any atom is 0.279 e. The van der Waals surface area contributed by atoms with E-state index in [0.29, 0.717) is 11.3 Å². The molecule has 1 unspecified atom stereocenters. The zero-order chi connectivity index (χ0) is 22.5. The van der Waals surface area contributed by atoms with Crippen molar-refractivity contribution in [3.8, 4) is 0 Å². The van der Waals surface area contributed by atoms with Gasteiger partial charge in [0.25, 0.3) is 17.7 Å². The highest BCUT2D eigenvalue weighted by Gasteiger charge is 2.25. The van der Waals surface area contributed by atoms with E-state index in [0.717, 1.165) is 40.1 Å². The molecule has 0 spiro atoms. The van der Waals surface area contributed by atoms with Crippen molar-refractivity contribution < 1.29 is 19.3 Å². The molecule has 0 heterocycles. The van der Waals surface area contributed by atoms with E-state index in [4.69, 9.17) is 0 Å².